The summed E-state index contributed by atoms with van der Waals surface area (Å²) in [5, 5.41) is 20.0. The molecule has 2 unspecified atom stereocenters. The van der Waals surface area contributed by atoms with Crippen molar-refractivity contribution in [3.05, 3.63) is 0 Å². The summed E-state index contributed by atoms with van der Waals surface area (Å²) < 4.78 is 37.0. The Hall–Kier alpha value is -0.800. The van der Waals surface area contributed by atoms with E-state index in [2.05, 4.69) is 5.32 Å². The monoisotopic (exact) mass is 252 g/mol. The minimum absolute atomic E-state index is 0.0990. The van der Waals surface area contributed by atoms with Crippen LogP contribution in [0.5, 0.6) is 0 Å². The van der Waals surface area contributed by atoms with Crippen LogP contribution in [-0.4, -0.2) is 30.5 Å². The molecule has 2 atom stereocenters. The lowest BCUT2D eigenvalue weighted by Gasteiger charge is -2.32. The van der Waals surface area contributed by atoms with Crippen molar-refractivity contribution < 1.29 is 18.3 Å². The average Bonchev–Trinajstić information content (AvgIpc) is 2.13. The Morgan fingerprint density at radius 1 is 1.29 bits per heavy atom. The zero-order chi connectivity index (χ0) is 13.7. The average molecular weight is 252 g/mol. The highest BCUT2D eigenvalue weighted by Crippen LogP contribution is 2.27. The number of nitrogens with one attached hydrogen (secondary N) is 1. The molecule has 0 heterocycles. The van der Waals surface area contributed by atoms with Crippen molar-refractivity contribution >= 4 is 0 Å². The van der Waals surface area contributed by atoms with E-state index in [4.69, 9.17) is 10.4 Å². The maximum Gasteiger partial charge on any atom is 0.405 e. The lowest BCUT2D eigenvalue weighted by atomic mass is 9.84. The molecule has 0 saturated heterocycles. The molecule has 0 aromatic heterocycles. The molecule has 0 aliphatic rings. The second-order valence-corrected chi connectivity index (χ2v) is 5.06. The topological polar surface area (TPSA) is 56.0 Å². The number of rotatable bonds is 5. The maximum atomic E-state index is 12.3. The van der Waals surface area contributed by atoms with Crippen molar-refractivity contribution in [1.82, 2.24) is 5.32 Å². The first-order valence-electron chi connectivity index (χ1n) is 5.43. The fourth-order valence-corrected chi connectivity index (χ4v) is 1.47. The zero-order valence-electron chi connectivity index (χ0n) is 10.3. The number of aliphatic hydroxyl groups excluding tert-OH is 1. The van der Waals surface area contributed by atoms with Gasteiger partial charge in [0.15, 0.2) is 5.92 Å². The van der Waals surface area contributed by atoms with Crippen LogP contribution in [0.3, 0.4) is 0 Å². The number of aliphatic hydroxyl groups is 1. The summed E-state index contributed by atoms with van der Waals surface area (Å²) in [5.41, 5.74) is -0.270. The van der Waals surface area contributed by atoms with Crippen LogP contribution in [0.1, 0.15) is 27.2 Å². The summed E-state index contributed by atoms with van der Waals surface area (Å²) >= 11 is 0. The molecule has 0 fully saturated rings. The van der Waals surface area contributed by atoms with E-state index in [1.807, 2.05) is 20.8 Å². The van der Waals surface area contributed by atoms with E-state index < -0.39 is 18.6 Å². The summed E-state index contributed by atoms with van der Waals surface area (Å²) in [6, 6.07) is 0.982. The molecule has 6 heteroatoms. The maximum absolute atomic E-state index is 12.3. The molecular weight excluding hydrogens is 233 g/mol. The number of nitriles is 1. The van der Waals surface area contributed by atoms with Gasteiger partial charge in [-0.1, -0.05) is 20.8 Å². The van der Waals surface area contributed by atoms with Gasteiger partial charge in [-0.2, -0.15) is 18.4 Å². The van der Waals surface area contributed by atoms with Crippen molar-refractivity contribution in [1.29, 1.82) is 5.26 Å². The number of hydrogen-bond acceptors (Lipinski definition) is 3. The van der Waals surface area contributed by atoms with Crippen LogP contribution in [0.2, 0.25) is 0 Å². The first kappa shape index (κ1) is 16.2. The van der Waals surface area contributed by atoms with E-state index in [0.29, 0.717) is 6.42 Å². The summed E-state index contributed by atoms with van der Waals surface area (Å²) in [4.78, 5) is 0. The van der Waals surface area contributed by atoms with Gasteiger partial charge in [-0.3, -0.25) is 0 Å². The third kappa shape index (κ3) is 5.89. The van der Waals surface area contributed by atoms with Gasteiger partial charge in [0.1, 0.15) is 0 Å². The molecule has 0 spiro atoms. The molecule has 0 bridgehead atoms. The first-order chi connectivity index (χ1) is 7.62. The smallest absolute Gasteiger partial charge is 0.396 e. The van der Waals surface area contributed by atoms with E-state index in [1.54, 1.807) is 0 Å². The van der Waals surface area contributed by atoms with Crippen LogP contribution < -0.4 is 5.32 Å². The third-order valence-electron chi connectivity index (χ3n) is 2.58. The summed E-state index contributed by atoms with van der Waals surface area (Å²) in [7, 11) is 0. The highest BCUT2D eigenvalue weighted by Gasteiger charge is 2.40. The van der Waals surface area contributed by atoms with Gasteiger partial charge in [0.25, 0.3) is 0 Å². The lowest BCUT2D eigenvalue weighted by molar-refractivity contribution is -0.158. The van der Waals surface area contributed by atoms with Gasteiger partial charge in [-0.05, 0) is 11.8 Å². The largest absolute Gasteiger partial charge is 0.405 e. The molecule has 0 amide bonds. The van der Waals surface area contributed by atoms with Gasteiger partial charge in [0.05, 0.1) is 6.07 Å². The molecule has 100 valence electrons. The highest BCUT2D eigenvalue weighted by molar-refractivity contribution is 4.92. The Bertz CT molecular complexity index is 265. The van der Waals surface area contributed by atoms with Crippen molar-refractivity contribution in [3.63, 3.8) is 0 Å². The zero-order valence-corrected chi connectivity index (χ0v) is 10.3. The van der Waals surface area contributed by atoms with Crippen LogP contribution in [0, 0.1) is 22.7 Å². The van der Waals surface area contributed by atoms with Gasteiger partial charge >= 0.3 is 6.18 Å². The molecule has 0 rings (SSSR count). The molecule has 3 nitrogen and oxygen atoms in total. The second kappa shape index (κ2) is 6.22. The Kier molecular flexibility index (Phi) is 5.93. The Morgan fingerprint density at radius 2 is 1.82 bits per heavy atom. The predicted molar refractivity (Wildman–Crippen MR) is 58.1 cm³/mol. The normalized spacial score (nSPS) is 16.4. The molecular formula is C11H19F3N2O. The first-order valence-corrected chi connectivity index (χ1v) is 5.43. The van der Waals surface area contributed by atoms with Gasteiger partial charge in [-0.15, -0.1) is 0 Å². The van der Waals surface area contributed by atoms with Gasteiger partial charge in [-0.25, -0.2) is 0 Å². The SMILES string of the molecule is CC(C)(C)C(CCO)NCC(C#N)C(F)(F)F. The quantitative estimate of drug-likeness (QED) is 0.787. The van der Waals surface area contributed by atoms with Crippen LogP contribution in [0.15, 0.2) is 0 Å². The highest BCUT2D eigenvalue weighted by atomic mass is 19.4. The van der Waals surface area contributed by atoms with Gasteiger partial charge < -0.3 is 10.4 Å². The molecule has 0 saturated carbocycles. The minimum Gasteiger partial charge on any atom is -0.396 e. The molecule has 0 aromatic carbocycles. The van der Waals surface area contributed by atoms with Gasteiger partial charge in [0, 0.05) is 19.2 Å². The van der Waals surface area contributed by atoms with E-state index in [-0.39, 0.29) is 18.1 Å². The van der Waals surface area contributed by atoms with Crippen molar-refractivity contribution in [2.45, 2.75) is 39.4 Å². The minimum atomic E-state index is -4.51. The number of nitrogens with zero attached hydrogens (tertiary/aromatic N) is 1. The van der Waals surface area contributed by atoms with E-state index in [9.17, 15) is 13.2 Å². The number of hydrogen-bond donors (Lipinski definition) is 2. The van der Waals surface area contributed by atoms with Crippen molar-refractivity contribution in [2.24, 2.45) is 11.3 Å². The van der Waals surface area contributed by atoms with Crippen molar-refractivity contribution in [3.8, 4) is 6.07 Å². The fourth-order valence-electron chi connectivity index (χ4n) is 1.47. The second-order valence-electron chi connectivity index (χ2n) is 5.06. The standard InChI is InChI=1S/C11H19F3N2O/c1-10(2,3)9(4-5-17)16-7-8(6-15)11(12,13)14/h8-9,16-17H,4-5,7H2,1-3H3. The van der Waals surface area contributed by atoms with Gasteiger partial charge in [0.2, 0.25) is 0 Å². The predicted octanol–water partition coefficient (Wildman–Crippen LogP) is 2.08. The van der Waals surface area contributed by atoms with E-state index in [0.717, 1.165) is 0 Å². The van der Waals surface area contributed by atoms with Crippen LogP contribution >= 0.6 is 0 Å². The van der Waals surface area contributed by atoms with Crippen LogP contribution in [-0.2, 0) is 0 Å². The molecule has 17 heavy (non-hydrogen) atoms. The number of alkyl halides is 3. The van der Waals surface area contributed by atoms with E-state index in [1.165, 1.54) is 6.07 Å². The third-order valence-corrected chi connectivity index (χ3v) is 2.58. The Morgan fingerprint density at radius 3 is 2.12 bits per heavy atom. The van der Waals surface area contributed by atoms with Crippen LogP contribution in [0.4, 0.5) is 13.2 Å². The summed E-state index contributed by atoms with van der Waals surface area (Å²) in [5.74, 6) is -2.01. The molecule has 0 aliphatic carbocycles. The molecule has 0 aliphatic heterocycles. The summed E-state index contributed by atoms with van der Waals surface area (Å²) in [6.45, 7) is 5.07. The lowest BCUT2D eigenvalue weighted by Crippen LogP contribution is -2.45. The molecule has 0 aromatic rings. The van der Waals surface area contributed by atoms with Crippen molar-refractivity contribution in [2.75, 3.05) is 13.2 Å². The molecule has 2 N–H and O–H groups in total. The van der Waals surface area contributed by atoms with E-state index >= 15 is 0 Å². The van der Waals surface area contributed by atoms with Crippen LogP contribution in [0.25, 0.3) is 0 Å². The fraction of sp³-hybridized carbons (Fsp3) is 0.909. The molecule has 0 radical (unpaired) electrons. The Balaban J connectivity index is 4.45. The number of halogens is 3. The summed E-state index contributed by atoms with van der Waals surface area (Å²) in [6.07, 6.45) is -4.15. The Labute approximate surface area is 99.6 Å².